The third-order valence-corrected chi connectivity index (χ3v) is 5.94. The number of carboxylic acid groups (broad SMARTS) is 1. The number of nitrogens with one attached hydrogen (secondary N) is 2. The zero-order chi connectivity index (χ0) is 20.0. The number of carboxylic acids is 1. The van der Waals surface area contributed by atoms with E-state index < -0.39 is 12.0 Å². The molecule has 29 heavy (non-hydrogen) atoms. The van der Waals surface area contributed by atoms with Gasteiger partial charge in [-0.15, -0.1) is 0 Å². The molecule has 152 valence electrons. The molecule has 0 aliphatic carbocycles. The van der Waals surface area contributed by atoms with Crippen molar-refractivity contribution in [3.8, 4) is 0 Å². The highest BCUT2D eigenvalue weighted by atomic mass is 16.4. The van der Waals surface area contributed by atoms with E-state index in [-0.39, 0.29) is 6.04 Å². The Hall–Kier alpha value is -2.71. The van der Waals surface area contributed by atoms with Crippen molar-refractivity contribution in [3.63, 3.8) is 0 Å². The normalized spacial score (nSPS) is 25.1. The predicted octanol–water partition coefficient (Wildman–Crippen LogP) is 2.06. The summed E-state index contributed by atoms with van der Waals surface area (Å²) in [5.74, 6) is 0.342. The van der Waals surface area contributed by atoms with Crippen LogP contribution in [0.4, 0.5) is 5.82 Å². The van der Waals surface area contributed by atoms with Crippen molar-refractivity contribution in [1.82, 2.24) is 20.6 Å². The topological polar surface area (TPSA) is 104 Å². The van der Waals surface area contributed by atoms with Crippen molar-refractivity contribution in [2.24, 2.45) is 0 Å². The van der Waals surface area contributed by atoms with Gasteiger partial charge in [0.25, 0.3) is 0 Å². The summed E-state index contributed by atoms with van der Waals surface area (Å²) in [6, 6.07) is 7.55. The Kier molecular flexibility index (Phi) is 4.60. The molecule has 3 aromatic rings. The van der Waals surface area contributed by atoms with E-state index in [1.807, 2.05) is 36.1 Å². The van der Waals surface area contributed by atoms with Gasteiger partial charge in [-0.3, -0.25) is 0 Å². The minimum absolute atomic E-state index is 0.0932. The first kappa shape index (κ1) is 18.3. The second kappa shape index (κ2) is 7.27. The van der Waals surface area contributed by atoms with Crippen LogP contribution < -0.4 is 15.5 Å². The van der Waals surface area contributed by atoms with Crippen LogP contribution in [0.5, 0.6) is 0 Å². The summed E-state index contributed by atoms with van der Waals surface area (Å²) in [6.45, 7) is 4.39. The number of piperidine rings is 1. The van der Waals surface area contributed by atoms with Crippen molar-refractivity contribution in [2.75, 3.05) is 24.5 Å². The molecule has 4 heterocycles. The molecule has 3 atom stereocenters. The highest BCUT2D eigenvalue weighted by Crippen LogP contribution is 2.36. The zero-order valence-electron chi connectivity index (χ0n) is 16.4. The lowest BCUT2D eigenvalue weighted by Gasteiger charge is -2.27. The molecule has 2 fully saturated rings. The number of hydrogen-bond acceptors (Lipinski definition) is 7. The van der Waals surface area contributed by atoms with Crippen LogP contribution in [0.3, 0.4) is 0 Å². The van der Waals surface area contributed by atoms with E-state index in [0.29, 0.717) is 36.2 Å². The smallest absolute Gasteiger partial charge is 0.326 e. The monoisotopic (exact) mass is 395 g/mol. The summed E-state index contributed by atoms with van der Waals surface area (Å²) < 4.78 is 6.07. The number of benzene rings is 1. The van der Waals surface area contributed by atoms with Crippen molar-refractivity contribution in [3.05, 3.63) is 30.1 Å². The lowest BCUT2D eigenvalue weighted by atomic mass is 10.1. The number of aromatic nitrogens is 2. The molecule has 2 saturated heterocycles. The number of furan rings is 1. The van der Waals surface area contributed by atoms with Crippen molar-refractivity contribution in [2.45, 2.75) is 44.3 Å². The van der Waals surface area contributed by atoms with Crippen LogP contribution in [0.25, 0.3) is 22.1 Å². The van der Waals surface area contributed by atoms with Crippen LogP contribution in [-0.4, -0.2) is 58.8 Å². The van der Waals surface area contributed by atoms with Gasteiger partial charge in [0.2, 0.25) is 0 Å². The fourth-order valence-electron chi connectivity index (χ4n) is 4.63. The van der Waals surface area contributed by atoms with Crippen molar-refractivity contribution < 1.29 is 14.3 Å². The average Bonchev–Trinajstić information content (AvgIpc) is 3.30. The fraction of sp³-hybridized carbons (Fsp3) is 0.476. The minimum Gasteiger partial charge on any atom is -0.480 e. The molecule has 2 aromatic heterocycles. The van der Waals surface area contributed by atoms with Crippen LogP contribution in [0.1, 0.15) is 25.1 Å². The molecule has 2 aliphatic rings. The van der Waals surface area contributed by atoms with E-state index in [0.717, 1.165) is 42.4 Å². The van der Waals surface area contributed by atoms with Gasteiger partial charge in [0.15, 0.2) is 11.4 Å². The van der Waals surface area contributed by atoms with Crippen molar-refractivity contribution in [1.29, 1.82) is 0 Å². The van der Waals surface area contributed by atoms with Gasteiger partial charge >= 0.3 is 5.97 Å². The van der Waals surface area contributed by atoms with Crippen LogP contribution in [0.15, 0.2) is 28.7 Å². The van der Waals surface area contributed by atoms with Gasteiger partial charge in [0.1, 0.15) is 23.0 Å². The molecule has 1 unspecified atom stereocenters. The summed E-state index contributed by atoms with van der Waals surface area (Å²) >= 11 is 0. The highest BCUT2D eigenvalue weighted by Gasteiger charge is 2.40. The Bertz CT molecular complexity index is 1060. The Labute approximate surface area is 168 Å². The van der Waals surface area contributed by atoms with Gasteiger partial charge in [-0.25, -0.2) is 14.8 Å². The molecule has 0 amide bonds. The largest absolute Gasteiger partial charge is 0.480 e. The molecule has 0 radical (unpaired) electrons. The van der Waals surface area contributed by atoms with Crippen LogP contribution >= 0.6 is 0 Å². The van der Waals surface area contributed by atoms with Crippen LogP contribution in [-0.2, 0) is 4.79 Å². The zero-order valence-corrected chi connectivity index (χ0v) is 16.4. The van der Waals surface area contributed by atoms with E-state index in [4.69, 9.17) is 4.42 Å². The van der Waals surface area contributed by atoms with E-state index in [9.17, 15) is 9.90 Å². The maximum atomic E-state index is 12.1. The SMILES string of the molecule is Cc1nc(N2C[C@@H](NC3CCCNC3)C[C@H]2C(=O)O)c2oc3ccccc3c2n1. The molecule has 0 saturated carbocycles. The Morgan fingerprint density at radius 2 is 2.17 bits per heavy atom. The lowest BCUT2D eigenvalue weighted by Crippen LogP contribution is -2.48. The van der Waals surface area contributed by atoms with E-state index in [1.165, 1.54) is 0 Å². The first-order chi connectivity index (χ1) is 14.1. The van der Waals surface area contributed by atoms with Gasteiger partial charge in [-0.1, -0.05) is 12.1 Å². The van der Waals surface area contributed by atoms with E-state index in [2.05, 4.69) is 20.6 Å². The van der Waals surface area contributed by atoms with Crippen molar-refractivity contribution >= 4 is 33.9 Å². The molecule has 5 rings (SSSR count). The van der Waals surface area contributed by atoms with Gasteiger partial charge in [-0.2, -0.15) is 0 Å². The van der Waals surface area contributed by atoms with Gasteiger partial charge in [-0.05, 0) is 44.9 Å². The molecule has 8 heteroatoms. The summed E-state index contributed by atoms with van der Waals surface area (Å²) in [5.41, 5.74) is 2.03. The maximum absolute atomic E-state index is 12.1. The average molecular weight is 395 g/mol. The number of aryl methyl sites for hydroxylation is 1. The number of para-hydroxylation sites is 1. The number of fused-ring (bicyclic) bond motifs is 3. The van der Waals surface area contributed by atoms with Gasteiger partial charge < -0.3 is 25.1 Å². The number of hydrogen-bond donors (Lipinski definition) is 3. The molecule has 0 bridgehead atoms. The number of anilines is 1. The summed E-state index contributed by atoms with van der Waals surface area (Å²) in [5, 5.41) is 17.9. The molecular weight excluding hydrogens is 370 g/mol. The fourth-order valence-corrected chi connectivity index (χ4v) is 4.63. The lowest BCUT2D eigenvalue weighted by molar-refractivity contribution is -0.138. The van der Waals surface area contributed by atoms with E-state index in [1.54, 1.807) is 0 Å². The van der Waals surface area contributed by atoms with Gasteiger partial charge in [0.05, 0.1) is 0 Å². The van der Waals surface area contributed by atoms with Crippen LogP contribution in [0, 0.1) is 6.92 Å². The first-order valence-electron chi connectivity index (χ1n) is 10.2. The third-order valence-electron chi connectivity index (χ3n) is 5.94. The molecule has 8 nitrogen and oxygen atoms in total. The van der Waals surface area contributed by atoms with Gasteiger partial charge in [0, 0.05) is 30.6 Å². The molecule has 3 N–H and O–H groups in total. The Morgan fingerprint density at radius 3 is 2.97 bits per heavy atom. The second-order valence-electron chi connectivity index (χ2n) is 8.02. The highest BCUT2D eigenvalue weighted by molar-refractivity contribution is 6.06. The number of carbonyl (C=O) groups is 1. The summed E-state index contributed by atoms with van der Waals surface area (Å²) in [7, 11) is 0. The second-order valence-corrected chi connectivity index (χ2v) is 8.02. The van der Waals surface area contributed by atoms with E-state index >= 15 is 0 Å². The summed E-state index contributed by atoms with van der Waals surface area (Å²) in [6.07, 6.45) is 2.79. The quantitative estimate of drug-likeness (QED) is 0.617. The predicted molar refractivity (Wildman–Crippen MR) is 110 cm³/mol. The minimum atomic E-state index is -0.836. The third kappa shape index (κ3) is 3.32. The molecule has 0 spiro atoms. The number of aliphatic carboxylic acids is 1. The molecular formula is C21H25N5O3. The summed E-state index contributed by atoms with van der Waals surface area (Å²) in [4.78, 5) is 23.1. The van der Waals surface area contributed by atoms with Crippen LogP contribution in [0.2, 0.25) is 0 Å². The number of rotatable bonds is 4. The Morgan fingerprint density at radius 1 is 1.31 bits per heavy atom. The molecule has 2 aliphatic heterocycles. The standard InChI is InChI=1S/C21H25N5O3/c1-12-23-18-15-6-2-3-7-17(15)29-19(18)20(24-12)26-11-14(9-16(26)21(27)28)25-13-5-4-8-22-10-13/h2-3,6-7,13-14,16,22,25H,4-5,8-11H2,1H3,(H,27,28)/t13?,14-,16-/m0/s1. The number of nitrogens with zero attached hydrogens (tertiary/aromatic N) is 3. The Balaban J connectivity index is 1.52. The maximum Gasteiger partial charge on any atom is 0.326 e. The first-order valence-corrected chi connectivity index (χ1v) is 10.2. The molecule has 1 aromatic carbocycles.